The highest BCUT2D eigenvalue weighted by Gasteiger charge is 2.50. The van der Waals surface area contributed by atoms with Gasteiger partial charge in [0.25, 0.3) is 0 Å². The minimum atomic E-state index is 0.291. The summed E-state index contributed by atoms with van der Waals surface area (Å²) in [5.74, 6) is 0.939. The van der Waals surface area contributed by atoms with E-state index in [1.165, 1.54) is 64.6 Å². The van der Waals surface area contributed by atoms with Crippen molar-refractivity contribution in [2.24, 2.45) is 11.7 Å². The summed E-state index contributed by atoms with van der Waals surface area (Å²) < 4.78 is 0. The Morgan fingerprint density at radius 1 is 1.17 bits per heavy atom. The number of nitrogens with two attached hydrogens (primary N) is 1. The summed E-state index contributed by atoms with van der Waals surface area (Å²) in [4.78, 5) is 5.34. The van der Waals surface area contributed by atoms with Crippen molar-refractivity contribution >= 4 is 0 Å². The van der Waals surface area contributed by atoms with Gasteiger partial charge in [0, 0.05) is 31.2 Å². The molecule has 1 saturated carbocycles. The summed E-state index contributed by atoms with van der Waals surface area (Å²) in [6, 6.07) is 0.744. The van der Waals surface area contributed by atoms with Crippen molar-refractivity contribution in [1.29, 1.82) is 0 Å². The predicted molar refractivity (Wildman–Crippen MR) is 75.6 cm³/mol. The zero-order valence-corrected chi connectivity index (χ0v) is 11.9. The van der Waals surface area contributed by atoms with Gasteiger partial charge < -0.3 is 5.73 Å². The SMILES string of the molecule is CN(CC1CCCC1)C1(CN)CCN2CCCC21. The molecule has 0 aromatic heterocycles. The second-order valence-corrected chi connectivity index (χ2v) is 6.78. The first-order valence-electron chi connectivity index (χ1n) is 7.91. The fourth-order valence-corrected chi connectivity index (χ4v) is 4.81. The second-order valence-electron chi connectivity index (χ2n) is 6.78. The number of hydrogen-bond acceptors (Lipinski definition) is 3. The molecule has 0 aromatic carbocycles. The largest absolute Gasteiger partial charge is 0.329 e. The van der Waals surface area contributed by atoms with Gasteiger partial charge in [0.2, 0.25) is 0 Å². The minimum absolute atomic E-state index is 0.291. The number of likely N-dealkylation sites (N-methyl/N-ethyl adjacent to an activating group) is 1. The van der Waals surface area contributed by atoms with E-state index in [4.69, 9.17) is 5.73 Å². The first-order valence-corrected chi connectivity index (χ1v) is 7.91. The molecule has 2 atom stereocenters. The van der Waals surface area contributed by atoms with E-state index in [1.54, 1.807) is 0 Å². The number of hydrogen-bond donors (Lipinski definition) is 1. The molecule has 3 fully saturated rings. The molecule has 104 valence electrons. The summed E-state index contributed by atoms with van der Waals surface area (Å²) in [7, 11) is 2.34. The van der Waals surface area contributed by atoms with Crippen molar-refractivity contribution in [3.63, 3.8) is 0 Å². The lowest BCUT2D eigenvalue weighted by molar-refractivity contribution is 0.0762. The van der Waals surface area contributed by atoms with Crippen LogP contribution in [0.5, 0.6) is 0 Å². The molecule has 0 aromatic rings. The van der Waals surface area contributed by atoms with E-state index >= 15 is 0 Å². The van der Waals surface area contributed by atoms with Crippen LogP contribution in [0, 0.1) is 5.92 Å². The molecule has 1 aliphatic carbocycles. The molecule has 0 radical (unpaired) electrons. The van der Waals surface area contributed by atoms with Gasteiger partial charge in [0.1, 0.15) is 0 Å². The lowest BCUT2D eigenvalue weighted by Crippen LogP contribution is -2.59. The van der Waals surface area contributed by atoms with Crippen molar-refractivity contribution in [2.75, 3.05) is 33.2 Å². The lowest BCUT2D eigenvalue weighted by atomic mass is 9.86. The monoisotopic (exact) mass is 251 g/mol. The summed E-state index contributed by atoms with van der Waals surface area (Å²) in [5, 5.41) is 0. The van der Waals surface area contributed by atoms with Crippen LogP contribution in [0.2, 0.25) is 0 Å². The molecule has 3 aliphatic rings. The summed E-state index contributed by atoms with van der Waals surface area (Å²) >= 11 is 0. The molecule has 0 amide bonds. The minimum Gasteiger partial charge on any atom is -0.329 e. The molecule has 2 heterocycles. The van der Waals surface area contributed by atoms with Crippen LogP contribution < -0.4 is 5.73 Å². The first kappa shape index (κ1) is 12.9. The molecule has 3 heteroatoms. The lowest BCUT2D eigenvalue weighted by Gasteiger charge is -2.43. The molecular formula is C15H29N3. The number of fused-ring (bicyclic) bond motifs is 1. The Kier molecular flexibility index (Phi) is 3.65. The average Bonchev–Trinajstić information content (AvgIpc) is 3.05. The van der Waals surface area contributed by atoms with Crippen molar-refractivity contribution < 1.29 is 0 Å². The molecule has 0 bridgehead atoms. The third kappa shape index (κ3) is 2.00. The van der Waals surface area contributed by atoms with E-state index in [2.05, 4.69) is 16.8 Å². The van der Waals surface area contributed by atoms with E-state index < -0.39 is 0 Å². The number of nitrogens with zero attached hydrogens (tertiary/aromatic N) is 2. The summed E-state index contributed by atoms with van der Waals surface area (Å²) in [6.45, 7) is 4.71. The van der Waals surface area contributed by atoms with Gasteiger partial charge >= 0.3 is 0 Å². The highest BCUT2D eigenvalue weighted by molar-refractivity contribution is 5.09. The quantitative estimate of drug-likeness (QED) is 0.825. The Balaban J connectivity index is 1.70. The Morgan fingerprint density at radius 2 is 1.94 bits per heavy atom. The number of rotatable bonds is 4. The molecule has 3 nitrogen and oxygen atoms in total. The van der Waals surface area contributed by atoms with Crippen LogP contribution in [0.3, 0.4) is 0 Å². The predicted octanol–water partition coefficient (Wildman–Crippen LogP) is 1.67. The Bertz CT molecular complexity index is 287. The third-order valence-electron chi connectivity index (χ3n) is 5.94. The average molecular weight is 251 g/mol. The topological polar surface area (TPSA) is 32.5 Å². The van der Waals surface area contributed by atoms with E-state index in [-0.39, 0.29) is 0 Å². The van der Waals surface area contributed by atoms with Crippen LogP contribution in [0.15, 0.2) is 0 Å². The van der Waals surface area contributed by atoms with Gasteiger partial charge in [-0.1, -0.05) is 12.8 Å². The molecule has 3 rings (SSSR count). The molecule has 18 heavy (non-hydrogen) atoms. The van der Waals surface area contributed by atoms with Crippen LogP contribution in [0.4, 0.5) is 0 Å². The van der Waals surface area contributed by atoms with Crippen molar-refractivity contribution in [3.8, 4) is 0 Å². The van der Waals surface area contributed by atoms with Crippen LogP contribution in [0.1, 0.15) is 44.9 Å². The Morgan fingerprint density at radius 3 is 2.67 bits per heavy atom. The van der Waals surface area contributed by atoms with Gasteiger partial charge in [0.05, 0.1) is 0 Å². The van der Waals surface area contributed by atoms with Gasteiger partial charge in [-0.15, -0.1) is 0 Å². The maximum atomic E-state index is 6.23. The maximum absolute atomic E-state index is 6.23. The summed E-state index contributed by atoms with van der Waals surface area (Å²) in [6.07, 6.45) is 9.82. The van der Waals surface area contributed by atoms with Crippen LogP contribution in [-0.4, -0.2) is 54.6 Å². The van der Waals surface area contributed by atoms with Crippen LogP contribution in [-0.2, 0) is 0 Å². The molecule has 0 spiro atoms. The standard InChI is InChI=1S/C15H29N3/c1-17(11-13-5-2-3-6-13)15(12-16)8-10-18-9-4-7-14(15)18/h13-14H,2-12,16H2,1H3. The first-order chi connectivity index (χ1) is 8.76. The Hall–Kier alpha value is -0.120. The Labute approximate surface area is 112 Å². The zero-order valence-electron chi connectivity index (χ0n) is 11.9. The molecule has 2 N–H and O–H groups in total. The van der Waals surface area contributed by atoms with Gasteiger partial charge in [-0.2, -0.15) is 0 Å². The van der Waals surface area contributed by atoms with Crippen molar-refractivity contribution in [3.05, 3.63) is 0 Å². The fraction of sp³-hybridized carbons (Fsp3) is 1.00. The maximum Gasteiger partial charge on any atom is 0.0496 e. The van der Waals surface area contributed by atoms with Gasteiger partial charge in [0.15, 0.2) is 0 Å². The molecule has 2 saturated heterocycles. The molecule has 2 unspecified atom stereocenters. The molecular weight excluding hydrogens is 222 g/mol. The highest BCUT2D eigenvalue weighted by atomic mass is 15.3. The van der Waals surface area contributed by atoms with Gasteiger partial charge in [-0.3, -0.25) is 9.80 Å². The van der Waals surface area contributed by atoms with E-state index in [9.17, 15) is 0 Å². The van der Waals surface area contributed by atoms with Crippen molar-refractivity contribution in [2.45, 2.75) is 56.5 Å². The normalized spacial score (nSPS) is 37.8. The molecule has 2 aliphatic heterocycles. The zero-order chi connectivity index (χ0) is 12.6. The van der Waals surface area contributed by atoms with E-state index in [0.717, 1.165) is 18.5 Å². The second kappa shape index (κ2) is 5.10. The van der Waals surface area contributed by atoms with E-state index in [1.807, 2.05) is 0 Å². The third-order valence-corrected chi connectivity index (χ3v) is 5.94. The van der Waals surface area contributed by atoms with Gasteiger partial charge in [-0.05, 0) is 51.6 Å². The van der Waals surface area contributed by atoms with Crippen LogP contribution >= 0.6 is 0 Å². The fourth-order valence-electron chi connectivity index (χ4n) is 4.81. The smallest absolute Gasteiger partial charge is 0.0496 e. The van der Waals surface area contributed by atoms with Gasteiger partial charge in [-0.25, -0.2) is 0 Å². The highest BCUT2D eigenvalue weighted by Crippen LogP contribution is 2.40. The van der Waals surface area contributed by atoms with Crippen LogP contribution in [0.25, 0.3) is 0 Å². The summed E-state index contributed by atoms with van der Waals surface area (Å²) in [5.41, 5.74) is 6.52. The van der Waals surface area contributed by atoms with Crippen molar-refractivity contribution in [1.82, 2.24) is 9.80 Å². The van der Waals surface area contributed by atoms with E-state index in [0.29, 0.717) is 5.54 Å².